The molecule has 6 nitrogen and oxygen atoms in total. The molecule has 0 aliphatic rings. The summed E-state index contributed by atoms with van der Waals surface area (Å²) in [4.78, 5) is 11.3. The highest BCUT2D eigenvalue weighted by Gasteiger charge is 2.17. The summed E-state index contributed by atoms with van der Waals surface area (Å²) in [6, 6.07) is 0. The predicted octanol–water partition coefficient (Wildman–Crippen LogP) is 2.13. The van der Waals surface area contributed by atoms with E-state index >= 15 is 0 Å². The first-order chi connectivity index (χ1) is 9.51. The number of nitrogens with two attached hydrogens (primary N) is 1. The molecule has 110 valence electrons. The van der Waals surface area contributed by atoms with Crippen LogP contribution in [0.25, 0.3) is 5.65 Å². The molecular formula is C14H24N6. The van der Waals surface area contributed by atoms with Crippen LogP contribution in [0.15, 0.2) is 18.6 Å². The Morgan fingerprint density at radius 2 is 1.90 bits per heavy atom. The Morgan fingerprint density at radius 3 is 2.45 bits per heavy atom. The van der Waals surface area contributed by atoms with Gasteiger partial charge in [-0.1, -0.05) is 27.7 Å². The first-order valence-corrected chi connectivity index (χ1v) is 7.06. The number of nitrogens with one attached hydrogen (secondary N) is 1. The van der Waals surface area contributed by atoms with Gasteiger partial charge < -0.3 is 14.7 Å². The Bertz CT molecular complexity index is 550. The van der Waals surface area contributed by atoms with Gasteiger partial charge >= 0.3 is 0 Å². The Hall–Kier alpha value is -1.82. The maximum Gasteiger partial charge on any atom is 0.180 e. The van der Waals surface area contributed by atoms with E-state index in [4.69, 9.17) is 5.84 Å². The van der Waals surface area contributed by atoms with Crippen LogP contribution in [0.1, 0.15) is 27.7 Å². The molecule has 3 N–H and O–H groups in total. The van der Waals surface area contributed by atoms with Crippen molar-refractivity contribution in [2.45, 2.75) is 27.7 Å². The minimum Gasteiger partial charge on any atom is -0.353 e. The zero-order valence-electron chi connectivity index (χ0n) is 12.7. The largest absolute Gasteiger partial charge is 0.353 e. The summed E-state index contributed by atoms with van der Waals surface area (Å²) in [7, 11) is 0. The molecule has 2 aromatic rings. The van der Waals surface area contributed by atoms with Crippen molar-refractivity contribution in [1.82, 2.24) is 14.4 Å². The van der Waals surface area contributed by atoms with E-state index in [0.717, 1.165) is 24.6 Å². The molecule has 0 aliphatic carbocycles. The zero-order chi connectivity index (χ0) is 14.7. The fourth-order valence-corrected chi connectivity index (χ4v) is 2.33. The molecule has 0 aliphatic heterocycles. The van der Waals surface area contributed by atoms with Crippen molar-refractivity contribution in [2.75, 3.05) is 23.4 Å². The van der Waals surface area contributed by atoms with Gasteiger partial charge in [-0.25, -0.2) is 15.8 Å². The summed E-state index contributed by atoms with van der Waals surface area (Å²) in [5, 5.41) is 0. The average molecular weight is 276 g/mol. The Kier molecular flexibility index (Phi) is 4.44. The summed E-state index contributed by atoms with van der Waals surface area (Å²) in [5.74, 6) is 8.15. The van der Waals surface area contributed by atoms with Crippen LogP contribution in [0.4, 0.5) is 11.6 Å². The molecule has 0 spiro atoms. The quantitative estimate of drug-likeness (QED) is 0.625. The van der Waals surface area contributed by atoms with Crippen molar-refractivity contribution in [1.29, 1.82) is 0 Å². The third-order valence-electron chi connectivity index (χ3n) is 2.97. The summed E-state index contributed by atoms with van der Waals surface area (Å²) < 4.78 is 1.95. The molecule has 0 amide bonds. The number of rotatable bonds is 6. The Labute approximate surface area is 120 Å². The second-order valence-electron chi connectivity index (χ2n) is 5.94. The molecule has 0 fully saturated rings. The van der Waals surface area contributed by atoms with E-state index in [9.17, 15) is 0 Å². The van der Waals surface area contributed by atoms with Crippen LogP contribution in [0.3, 0.4) is 0 Å². The molecule has 20 heavy (non-hydrogen) atoms. The van der Waals surface area contributed by atoms with Crippen LogP contribution < -0.4 is 16.2 Å². The summed E-state index contributed by atoms with van der Waals surface area (Å²) in [5.41, 5.74) is 3.49. The number of nitrogens with zero attached hydrogens (tertiary/aromatic N) is 4. The van der Waals surface area contributed by atoms with Crippen LogP contribution in [0.5, 0.6) is 0 Å². The molecule has 0 unspecified atom stereocenters. The fraction of sp³-hybridized carbons (Fsp3) is 0.571. The second-order valence-corrected chi connectivity index (χ2v) is 5.94. The molecule has 2 heterocycles. The first-order valence-electron chi connectivity index (χ1n) is 7.06. The van der Waals surface area contributed by atoms with Gasteiger partial charge in [0.2, 0.25) is 0 Å². The van der Waals surface area contributed by atoms with Crippen LogP contribution in [0.2, 0.25) is 0 Å². The molecule has 0 aromatic carbocycles. The maximum absolute atomic E-state index is 5.52. The van der Waals surface area contributed by atoms with Crippen molar-refractivity contribution in [3.63, 3.8) is 0 Å². The molecule has 2 aromatic heterocycles. The van der Waals surface area contributed by atoms with E-state index in [0.29, 0.717) is 17.7 Å². The number of fused-ring (bicyclic) bond motifs is 1. The van der Waals surface area contributed by atoms with Crippen molar-refractivity contribution < 1.29 is 0 Å². The van der Waals surface area contributed by atoms with Crippen LogP contribution in [0, 0.1) is 11.8 Å². The second kappa shape index (κ2) is 6.09. The van der Waals surface area contributed by atoms with Crippen molar-refractivity contribution in [3.8, 4) is 0 Å². The van der Waals surface area contributed by atoms with Crippen LogP contribution >= 0.6 is 0 Å². The van der Waals surface area contributed by atoms with E-state index in [2.05, 4.69) is 48.0 Å². The Morgan fingerprint density at radius 1 is 1.25 bits per heavy atom. The van der Waals surface area contributed by atoms with Crippen LogP contribution in [-0.2, 0) is 0 Å². The lowest BCUT2D eigenvalue weighted by Crippen LogP contribution is -2.32. The number of hydrogen-bond donors (Lipinski definition) is 2. The minimum atomic E-state index is 0.556. The average Bonchev–Trinajstić information content (AvgIpc) is 2.83. The molecule has 2 rings (SSSR count). The topological polar surface area (TPSA) is 71.5 Å². The number of hydrazine groups is 1. The lowest BCUT2D eigenvalue weighted by atomic mass is 10.1. The smallest absolute Gasteiger partial charge is 0.180 e. The van der Waals surface area contributed by atoms with Gasteiger partial charge in [0.25, 0.3) is 0 Å². The minimum absolute atomic E-state index is 0.556. The summed E-state index contributed by atoms with van der Waals surface area (Å²) in [6.07, 6.45) is 5.53. The van der Waals surface area contributed by atoms with Gasteiger partial charge in [0.1, 0.15) is 0 Å². The highest BCUT2D eigenvalue weighted by molar-refractivity contribution is 5.66. The van der Waals surface area contributed by atoms with Crippen molar-refractivity contribution in [2.24, 2.45) is 17.7 Å². The van der Waals surface area contributed by atoms with Crippen LogP contribution in [-0.4, -0.2) is 27.5 Å². The standard InChI is InChI=1S/C14H24N6/c1-10(2)7-20(8-11(3)4)14-13-16-5-6-19(13)9-12(17-14)18-15/h5-6,9-11,18H,7-8,15H2,1-4H3. The van der Waals surface area contributed by atoms with Gasteiger partial charge in [-0.3, -0.25) is 0 Å². The highest BCUT2D eigenvalue weighted by Crippen LogP contribution is 2.22. The summed E-state index contributed by atoms with van der Waals surface area (Å²) >= 11 is 0. The van der Waals surface area contributed by atoms with Gasteiger partial charge in [-0.05, 0) is 11.8 Å². The number of anilines is 2. The fourth-order valence-electron chi connectivity index (χ4n) is 2.33. The zero-order valence-corrected chi connectivity index (χ0v) is 12.7. The summed E-state index contributed by atoms with van der Waals surface area (Å²) in [6.45, 7) is 10.7. The van der Waals surface area contributed by atoms with Gasteiger partial charge in [0.05, 0.1) is 6.20 Å². The number of nitrogen functional groups attached to an aromatic ring is 1. The van der Waals surface area contributed by atoms with Gasteiger partial charge in [-0.2, -0.15) is 0 Å². The molecule has 6 heteroatoms. The molecule has 0 saturated heterocycles. The first kappa shape index (κ1) is 14.6. The Balaban J connectivity index is 2.47. The van der Waals surface area contributed by atoms with Gasteiger partial charge in [0.15, 0.2) is 17.3 Å². The monoisotopic (exact) mass is 276 g/mol. The van der Waals surface area contributed by atoms with Crippen molar-refractivity contribution in [3.05, 3.63) is 18.6 Å². The van der Waals surface area contributed by atoms with E-state index in [1.165, 1.54) is 0 Å². The molecule has 0 saturated carbocycles. The predicted molar refractivity (Wildman–Crippen MR) is 82.7 cm³/mol. The van der Waals surface area contributed by atoms with Gasteiger partial charge in [-0.15, -0.1) is 0 Å². The normalized spacial score (nSPS) is 11.6. The number of imidazole rings is 1. The third kappa shape index (κ3) is 3.19. The molecule has 0 atom stereocenters. The van der Waals surface area contributed by atoms with E-state index < -0.39 is 0 Å². The van der Waals surface area contributed by atoms with E-state index in [1.54, 1.807) is 6.20 Å². The van der Waals surface area contributed by atoms with E-state index in [1.807, 2.05) is 16.8 Å². The van der Waals surface area contributed by atoms with Crippen molar-refractivity contribution >= 4 is 17.3 Å². The molecule has 0 radical (unpaired) electrons. The lowest BCUT2D eigenvalue weighted by molar-refractivity contribution is 0.549. The lowest BCUT2D eigenvalue weighted by Gasteiger charge is -2.28. The number of hydrogen-bond acceptors (Lipinski definition) is 5. The SMILES string of the molecule is CC(C)CN(CC(C)C)c1nc(NN)cn2ccnc12. The van der Waals surface area contributed by atoms with E-state index in [-0.39, 0.29) is 0 Å². The number of aromatic nitrogens is 3. The third-order valence-corrected chi connectivity index (χ3v) is 2.97. The maximum atomic E-state index is 5.52. The molecule has 0 bridgehead atoms. The van der Waals surface area contributed by atoms with Gasteiger partial charge in [0, 0.05) is 25.5 Å². The highest BCUT2D eigenvalue weighted by atomic mass is 15.3. The molecular weight excluding hydrogens is 252 g/mol.